The Hall–Kier alpha value is -3.12. The zero-order valence-electron chi connectivity index (χ0n) is 23.2. The highest BCUT2D eigenvalue weighted by atomic mass is 32.2. The van der Waals surface area contributed by atoms with E-state index >= 15 is 0 Å². The van der Waals surface area contributed by atoms with Crippen molar-refractivity contribution in [2.45, 2.75) is 50.6 Å². The summed E-state index contributed by atoms with van der Waals surface area (Å²) in [5, 5.41) is 11.5. The average Bonchev–Trinajstić information content (AvgIpc) is 2.99. The summed E-state index contributed by atoms with van der Waals surface area (Å²) in [6.45, 7) is 1.04. The number of hydrogen-bond donors (Lipinski definition) is 4. The monoisotopic (exact) mass is 588 g/mol. The van der Waals surface area contributed by atoms with Gasteiger partial charge in [0, 0.05) is 49.0 Å². The van der Waals surface area contributed by atoms with Gasteiger partial charge in [0.25, 0.3) is 11.8 Å². The van der Waals surface area contributed by atoms with Crippen LogP contribution in [0.3, 0.4) is 0 Å². The van der Waals surface area contributed by atoms with E-state index in [2.05, 4.69) is 31.2 Å². The predicted octanol–water partition coefficient (Wildman–Crippen LogP) is 2.67. The van der Waals surface area contributed by atoms with Crippen molar-refractivity contribution in [3.63, 3.8) is 0 Å². The molecule has 0 fully saturated rings. The molecule has 0 aliphatic carbocycles. The zero-order valence-corrected chi connectivity index (χ0v) is 24.8. The number of unbranched alkanes of at least 4 members (excludes halogenated alkanes) is 3. The van der Waals surface area contributed by atoms with Crippen LogP contribution in [0.1, 0.15) is 59.2 Å². The Morgan fingerprint density at radius 1 is 0.650 bits per heavy atom. The van der Waals surface area contributed by atoms with Crippen LogP contribution in [0.15, 0.2) is 49.1 Å². The maximum absolute atomic E-state index is 12.7. The molecule has 0 aliphatic heterocycles. The van der Waals surface area contributed by atoms with Crippen molar-refractivity contribution in [3.8, 4) is 0 Å². The lowest BCUT2D eigenvalue weighted by Gasteiger charge is -2.18. The van der Waals surface area contributed by atoms with E-state index in [1.165, 1.54) is 0 Å². The van der Waals surface area contributed by atoms with Gasteiger partial charge in [-0.1, -0.05) is 12.8 Å². The van der Waals surface area contributed by atoms with E-state index in [0.717, 1.165) is 37.2 Å². The fourth-order valence-electron chi connectivity index (χ4n) is 3.77. The van der Waals surface area contributed by atoms with Gasteiger partial charge in [-0.15, -0.1) is 0 Å². The summed E-state index contributed by atoms with van der Waals surface area (Å²) in [5.74, 6) is 0.553. The van der Waals surface area contributed by atoms with E-state index in [9.17, 15) is 19.2 Å². The van der Waals surface area contributed by atoms with Crippen LogP contribution in [0.2, 0.25) is 0 Å². The first-order valence-corrected chi connectivity index (χ1v) is 16.2. The molecule has 12 heteroatoms. The lowest BCUT2D eigenvalue weighted by Crippen LogP contribution is -2.47. The van der Waals surface area contributed by atoms with E-state index in [0.29, 0.717) is 37.1 Å². The Labute approximate surface area is 245 Å². The average molecular weight is 589 g/mol. The molecule has 0 aliphatic rings. The Morgan fingerprint density at radius 3 is 1.38 bits per heavy atom. The maximum atomic E-state index is 12.7. The summed E-state index contributed by atoms with van der Waals surface area (Å²) >= 11 is 3.25. The molecule has 218 valence electrons. The number of carbonyl (C=O) groups excluding carboxylic acids is 4. The van der Waals surface area contributed by atoms with Crippen molar-refractivity contribution in [1.29, 1.82) is 0 Å². The summed E-state index contributed by atoms with van der Waals surface area (Å²) in [6, 6.07) is 5.27. The fourth-order valence-corrected chi connectivity index (χ4v) is 4.71. The van der Waals surface area contributed by atoms with E-state index in [1.54, 1.807) is 72.6 Å². The van der Waals surface area contributed by atoms with E-state index in [4.69, 9.17) is 0 Å². The van der Waals surface area contributed by atoms with Crippen LogP contribution in [-0.4, -0.2) is 82.8 Å². The quantitative estimate of drug-likeness (QED) is 0.184. The van der Waals surface area contributed by atoms with Crippen LogP contribution in [0, 0.1) is 0 Å². The second kappa shape index (κ2) is 19.9. The number of rotatable bonds is 19. The first-order chi connectivity index (χ1) is 19.5. The minimum absolute atomic E-state index is 0.186. The van der Waals surface area contributed by atoms with Gasteiger partial charge >= 0.3 is 0 Å². The van der Waals surface area contributed by atoms with Crippen molar-refractivity contribution in [2.75, 3.05) is 37.1 Å². The molecular weight excluding hydrogens is 548 g/mol. The fraction of sp³-hybridized carbons (Fsp3) is 0.500. The topological polar surface area (TPSA) is 142 Å². The molecule has 0 unspecified atom stereocenters. The van der Waals surface area contributed by atoms with Crippen LogP contribution in [0.5, 0.6) is 0 Å². The summed E-state index contributed by atoms with van der Waals surface area (Å²) in [5.41, 5.74) is 0.937. The molecule has 0 spiro atoms. The first kappa shape index (κ1) is 33.1. The number of carbonyl (C=O) groups is 4. The molecule has 40 heavy (non-hydrogen) atoms. The highest BCUT2D eigenvalue weighted by molar-refractivity contribution is 7.98. The number of amides is 4. The molecule has 2 aromatic heterocycles. The number of pyridine rings is 2. The minimum Gasteiger partial charge on any atom is -0.354 e. The van der Waals surface area contributed by atoms with Crippen LogP contribution >= 0.6 is 23.5 Å². The van der Waals surface area contributed by atoms with Crippen molar-refractivity contribution >= 4 is 47.2 Å². The Kier molecular flexibility index (Phi) is 16.4. The molecule has 2 rings (SSSR count). The van der Waals surface area contributed by atoms with Gasteiger partial charge in [0.1, 0.15) is 12.1 Å². The molecule has 0 saturated carbocycles. The van der Waals surface area contributed by atoms with E-state index in [1.807, 2.05) is 12.5 Å². The second-order valence-electron chi connectivity index (χ2n) is 9.08. The molecule has 2 aromatic rings. The zero-order chi connectivity index (χ0) is 29.0. The molecular formula is C28H40N6O4S2. The number of thioether (sulfide) groups is 2. The Balaban J connectivity index is 1.66. The van der Waals surface area contributed by atoms with Crippen molar-refractivity contribution in [2.24, 2.45) is 0 Å². The number of hydrogen-bond acceptors (Lipinski definition) is 8. The van der Waals surface area contributed by atoms with Gasteiger partial charge in [-0.05, 0) is 74.0 Å². The largest absolute Gasteiger partial charge is 0.354 e. The third kappa shape index (κ3) is 12.8. The van der Waals surface area contributed by atoms with Crippen LogP contribution in [0.4, 0.5) is 0 Å². The van der Waals surface area contributed by atoms with Gasteiger partial charge in [-0.3, -0.25) is 29.1 Å². The standard InChI is InChI=1S/C28H40N6O4S2/c1-39-19-11-23(33-25(35)21-7-15-29-16-8-21)27(37)31-13-5-3-4-6-14-32-28(38)24(12-20-40-2)34-26(36)22-9-17-30-18-10-22/h7-10,15-18,23-24H,3-6,11-14,19-20H2,1-2H3,(H,31,37)(H,32,38)(H,33,35)(H,34,36)/t23-,24-/m0/s1. The van der Waals surface area contributed by atoms with Gasteiger partial charge in [0.2, 0.25) is 11.8 Å². The third-order valence-electron chi connectivity index (χ3n) is 6.05. The molecule has 2 atom stereocenters. The van der Waals surface area contributed by atoms with Gasteiger partial charge < -0.3 is 21.3 Å². The van der Waals surface area contributed by atoms with Crippen LogP contribution in [0.25, 0.3) is 0 Å². The van der Waals surface area contributed by atoms with Crippen molar-refractivity contribution < 1.29 is 19.2 Å². The molecule has 4 N–H and O–H groups in total. The molecule has 10 nitrogen and oxygen atoms in total. The smallest absolute Gasteiger partial charge is 0.252 e. The highest BCUT2D eigenvalue weighted by Crippen LogP contribution is 2.06. The first-order valence-electron chi connectivity index (χ1n) is 13.4. The summed E-state index contributed by atoms with van der Waals surface area (Å²) in [6.07, 6.45) is 14.6. The molecule has 0 saturated heterocycles. The summed E-state index contributed by atoms with van der Waals surface area (Å²) in [7, 11) is 0. The Morgan fingerprint density at radius 2 is 1.02 bits per heavy atom. The molecule has 0 radical (unpaired) electrons. The minimum atomic E-state index is -0.596. The lowest BCUT2D eigenvalue weighted by atomic mass is 10.1. The second-order valence-corrected chi connectivity index (χ2v) is 11.1. The number of nitrogens with zero attached hydrogens (tertiary/aromatic N) is 2. The normalized spacial score (nSPS) is 12.2. The van der Waals surface area contributed by atoms with Crippen molar-refractivity contribution in [3.05, 3.63) is 60.2 Å². The number of nitrogens with one attached hydrogen (secondary N) is 4. The van der Waals surface area contributed by atoms with Crippen molar-refractivity contribution in [1.82, 2.24) is 31.2 Å². The highest BCUT2D eigenvalue weighted by Gasteiger charge is 2.22. The van der Waals surface area contributed by atoms with Gasteiger partial charge in [-0.2, -0.15) is 23.5 Å². The Bertz CT molecular complexity index is 962. The summed E-state index contributed by atoms with van der Waals surface area (Å²) < 4.78 is 0. The third-order valence-corrected chi connectivity index (χ3v) is 7.34. The summed E-state index contributed by atoms with van der Waals surface area (Å²) in [4.78, 5) is 58.2. The van der Waals surface area contributed by atoms with Gasteiger partial charge in [-0.25, -0.2) is 0 Å². The van der Waals surface area contributed by atoms with Gasteiger partial charge in [0.05, 0.1) is 0 Å². The van der Waals surface area contributed by atoms with E-state index in [-0.39, 0.29) is 23.6 Å². The molecule has 4 amide bonds. The predicted molar refractivity (Wildman–Crippen MR) is 161 cm³/mol. The van der Waals surface area contributed by atoms with Crippen LogP contribution in [-0.2, 0) is 9.59 Å². The van der Waals surface area contributed by atoms with E-state index < -0.39 is 12.1 Å². The molecule has 2 heterocycles. The van der Waals surface area contributed by atoms with Gasteiger partial charge in [0.15, 0.2) is 0 Å². The number of aromatic nitrogens is 2. The lowest BCUT2D eigenvalue weighted by molar-refractivity contribution is -0.123. The molecule has 0 aromatic carbocycles. The van der Waals surface area contributed by atoms with Crippen LogP contribution < -0.4 is 21.3 Å². The molecule has 0 bridgehead atoms. The SMILES string of the molecule is CSCC[C@H](NC(=O)c1ccncc1)C(=O)NCCCCCCNC(=O)[C@H](CCSC)NC(=O)c1ccncc1. The maximum Gasteiger partial charge on any atom is 0.252 e.